The molecular weight excluding hydrogens is 433 g/mol. The van der Waals surface area contributed by atoms with Crippen molar-refractivity contribution in [3.63, 3.8) is 0 Å². The maximum Gasteiger partial charge on any atom is 0.360 e. The molecule has 2 rings (SSSR count). The van der Waals surface area contributed by atoms with Crippen molar-refractivity contribution >= 4 is 11.9 Å². The van der Waals surface area contributed by atoms with E-state index in [0.717, 1.165) is 0 Å². The average molecular weight is 467 g/mol. The van der Waals surface area contributed by atoms with Gasteiger partial charge in [-0.05, 0) is 26.2 Å². The highest BCUT2D eigenvalue weighted by molar-refractivity contribution is 6.05. The van der Waals surface area contributed by atoms with Crippen LogP contribution in [0.25, 0.3) is 0 Å². The number of carbonyl (C=O) groups is 2. The molecule has 11 nitrogen and oxygen atoms in total. The summed E-state index contributed by atoms with van der Waals surface area (Å²) < 4.78 is 36.1. The third-order valence-corrected chi connectivity index (χ3v) is 5.14. The van der Waals surface area contributed by atoms with Crippen LogP contribution in [0, 0.1) is 5.92 Å². The van der Waals surface area contributed by atoms with E-state index >= 15 is 4.39 Å². The quantitative estimate of drug-likeness (QED) is 0.153. The Morgan fingerprint density at radius 2 is 1.66 bits per heavy atom. The topological polar surface area (TPSA) is 164 Å². The van der Waals surface area contributed by atoms with E-state index in [4.69, 9.17) is 18.9 Å². The minimum Gasteiger partial charge on any atom is -0.406 e. The monoisotopic (exact) mass is 467 g/mol. The Morgan fingerprint density at radius 1 is 1.06 bits per heavy atom. The number of esters is 2. The van der Waals surface area contributed by atoms with Gasteiger partial charge in [-0.2, -0.15) is 0 Å². The lowest BCUT2D eigenvalue weighted by Crippen LogP contribution is -2.65. The molecular formula is C20H34FNO10. The molecule has 0 aromatic heterocycles. The van der Waals surface area contributed by atoms with Gasteiger partial charge in [0.15, 0.2) is 6.29 Å². The predicted molar refractivity (Wildman–Crippen MR) is 105 cm³/mol. The van der Waals surface area contributed by atoms with Gasteiger partial charge in [-0.15, -0.1) is 0 Å². The molecule has 5 N–H and O–H groups in total. The van der Waals surface area contributed by atoms with Crippen LogP contribution in [0.1, 0.15) is 47.0 Å². The van der Waals surface area contributed by atoms with E-state index in [9.17, 15) is 30.0 Å². The van der Waals surface area contributed by atoms with Crippen molar-refractivity contribution in [3.8, 4) is 0 Å². The van der Waals surface area contributed by atoms with Crippen LogP contribution in [0.5, 0.6) is 0 Å². The number of hydrogen-bond acceptors (Lipinski definition) is 11. The standard InChI is InChI=1S/C20H34FNO10/c1-10(2)8-20(22-11(3)4)31-17(27)19(21,18(28)32-20)6-5-7-29-16-15(26)14(25)13(24)12(9-23)30-16/h10-16,22-26H,5-9H2,1-4H3/t12-,13+,14+,15-,16?,19?,20?/m1/s1. The highest BCUT2D eigenvalue weighted by Gasteiger charge is 2.60. The third-order valence-electron chi connectivity index (χ3n) is 5.14. The molecule has 2 fully saturated rings. The van der Waals surface area contributed by atoms with Gasteiger partial charge in [0.05, 0.1) is 13.2 Å². The molecule has 5 atom stereocenters. The zero-order chi connectivity index (χ0) is 24.3. The minimum atomic E-state index is -3.03. The van der Waals surface area contributed by atoms with Crippen molar-refractivity contribution in [1.29, 1.82) is 0 Å². The van der Waals surface area contributed by atoms with Gasteiger partial charge in [0.1, 0.15) is 24.4 Å². The second kappa shape index (κ2) is 10.7. The number of carbonyl (C=O) groups excluding carboxylic acids is 2. The van der Waals surface area contributed by atoms with Crippen LogP contribution < -0.4 is 5.32 Å². The summed E-state index contributed by atoms with van der Waals surface area (Å²) in [5.74, 6) is -4.51. The molecule has 0 radical (unpaired) electrons. The maximum absolute atomic E-state index is 15.2. The minimum absolute atomic E-state index is 0.0269. The number of nitrogens with one attached hydrogen (secondary N) is 1. The van der Waals surface area contributed by atoms with Gasteiger partial charge in [-0.1, -0.05) is 13.8 Å². The zero-order valence-corrected chi connectivity index (χ0v) is 18.7. The lowest BCUT2D eigenvalue weighted by Gasteiger charge is -2.42. The second-order valence-electron chi connectivity index (χ2n) is 8.90. The van der Waals surface area contributed by atoms with E-state index in [0.29, 0.717) is 0 Å². The SMILES string of the molecule is CC(C)CC1(NC(C)C)OC(=O)C(F)(CCCOC2O[C@H](CO)[C@H](O)[C@H](O)[C@H]2O)C(=O)O1. The second-order valence-corrected chi connectivity index (χ2v) is 8.90. The van der Waals surface area contributed by atoms with Crippen LogP contribution in [0.3, 0.4) is 0 Å². The molecule has 2 saturated heterocycles. The van der Waals surface area contributed by atoms with Crippen LogP contribution in [0.15, 0.2) is 0 Å². The third kappa shape index (κ3) is 5.93. The van der Waals surface area contributed by atoms with E-state index in [1.807, 2.05) is 13.8 Å². The zero-order valence-electron chi connectivity index (χ0n) is 18.7. The number of hydrogen-bond donors (Lipinski definition) is 5. The lowest BCUT2D eigenvalue weighted by atomic mass is 9.97. The van der Waals surface area contributed by atoms with Gasteiger partial charge in [0.25, 0.3) is 0 Å². The fraction of sp³-hybridized carbons (Fsp3) is 0.900. The Bertz CT molecular complexity index is 628. The Balaban J connectivity index is 1.95. The molecule has 32 heavy (non-hydrogen) atoms. The van der Waals surface area contributed by atoms with E-state index in [1.165, 1.54) is 0 Å². The van der Waals surface area contributed by atoms with Crippen LogP contribution in [0.2, 0.25) is 0 Å². The highest BCUT2D eigenvalue weighted by Crippen LogP contribution is 2.35. The van der Waals surface area contributed by atoms with Gasteiger partial charge in [-0.3, -0.25) is 0 Å². The van der Waals surface area contributed by atoms with E-state index in [2.05, 4.69) is 5.32 Å². The number of aliphatic hydroxyl groups is 4. The molecule has 2 aliphatic heterocycles. The Hall–Kier alpha value is -1.41. The van der Waals surface area contributed by atoms with Crippen molar-refractivity contribution in [1.82, 2.24) is 5.32 Å². The molecule has 0 saturated carbocycles. The highest BCUT2D eigenvalue weighted by atomic mass is 19.1. The normalized spacial score (nSPS) is 38.2. The first-order valence-electron chi connectivity index (χ1n) is 10.7. The molecule has 0 aromatic carbocycles. The van der Waals surface area contributed by atoms with Crippen LogP contribution in [0.4, 0.5) is 4.39 Å². The van der Waals surface area contributed by atoms with Crippen molar-refractivity contribution in [2.45, 2.75) is 95.3 Å². The van der Waals surface area contributed by atoms with Crippen molar-refractivity contribution < 1.29 is 53.4 Å². The Kier molecular flexibility index (Phi) is 8.96. The summed E-state index contributed by atoms with van der Waals surface area (Å²) in [6.45, 7) is 6.29. The summed E-state index contributed by atoms with van der Waals surface area (Å²) in [5.41, 5.74) is -3.03. The Labute approximate surface area is 185 Å². The molecule has 186 valence electrons. The summed E-state index contributed by atoms with van der Waals surface area (Å²) in [5, 5.41) is 41.5. The predicted octanol–water partition coefficient (Wildman–Crippen LogP) is -0.911. The molecule has 2 aliphatic rings. The molecule has 0 aliphatic carbocycles. The molecule has 2 heterocycles. The van der Waals surface area contributed by atoms with Crippen molar-refractivity contribution in [2.75, 3.05) is 13.2 Å². The summed E-state index contributed by atoms with van der Waals surface area (Å²) in [4.78, 5) is 25.0. The first kappa shape index (κ1) is 26.8. The number of aliphatic hydroxyl groups excluding tert-OH is 4. The molecule has 1 unspecified atom stereocenters. The molecule has 0 bridgehead atoms. The van der Waals surface area contributed by atoms with Crippen LogP contribution in [-0.4, -0.2) is 93.9 Å². The first-order valence-corrected chi connectivity index (χ1v) is 10.7. The smallest absolute Gasteiger partial charge is 0.360 e. The average Bonchev–Trinajstić information content (AvgIpc) is 2.68. The van der Waals surface area contributed by atoms with Crippen molar-refractivity contribution in [3.05, 3.63) is 0 Å². The Morgan fingerprint density at radius 3 is 2.16 bits per heavy atom. The van der Waals surface area contributed by atoms with Gasteiger partial charge in [0.2, 0.25) is 0 Å². The van der Waals surface area contributed by atoms with Gasteiger partial charge >= 0.3 is 23.5 Å². The number of ether oxygens (including phenoxy) is 4. The maximum atomic E-state index is 15.2. The summed E-state index contributed by atoms with van der Waals surface area (Å²) in [7, 11) is 0. The summed E-state index contributed by atoms with van der Waals surface area (Å²) in [6.07, 6.45) is -7.97. The largest absolute Gasteiger partial charge is 0.406 e. The number of alkyl halides is 1. The van der Waals surface area contributed by atoms with E-state index < -0.39 is 67.3 Å². The number of rotatable bonds is 10. The lowest BCUT2D eigenvalue weighted by molar-refractivity contribution is -0.301. The number of halogens is 1. The first-order chi connectivity index (χ1) is 14.8. The molecule has 12 heteroatoms. The molecule has 0 amide bonds. The van der Waals surface area contributed by atoms with Crippen LogP contribution >= 0.6 is 0 Å². The van der Waals surface area contributed by atoms with Gasteiger partial charge < -0.3 is 39.4 Å². The fourth-order valence-electron chi connectivity index (χ4n) is 3.67. The van der Waals surface area contributed by atoms with Crippen molar-refractivity contribution in [2.24, 2.45) is 5.92 Å². The number of cyclic esters (lactones) is 2. The fourth-order valence-corrected chi connectivity index (χ4v) is 3.67. The van der Waals surface area contributed by atoms with E-state index in [1.54, 1.807) is 13.8 Å². The van der Waals surface area contributed by atoms with Crippen LogP contribution in [-0.2, 0) is 28.5 Å². The molecule has 0 aromatic rings. The molecule has 0 spiro atoms. The van der Waals surface area contributed by atoms with E-state index in [-0.39, 0.29) is 31.4 Å². The summed E-state index contributed by atoms with van der Waals surface area (Å²) >= 11 is 0. The summed E-state index contributed by atoms with van der Waals surface area (Å²) in [6, 6.07) is -0.214. The van der Waals surface area contributed by atoms with Gasteiger partial charge in [-0.25, -0.2) is 19.3 Å². The van der Waals surface area contributed by atoms with Gasteiger partial charge in [0, 0.05) is 18.9 Å².